The molecule has 5 fully saturated rings. The first-order valence-electron chi connectivity index (χ1n) is 13.0. The smallest absolute Gasteiger partial charge is 0.269 e. The number of carbonyl (C=O) groups is 2. The zero-order valence-corrected chi connectivity index (χ0v) is 21.5. The molecule has 9 nitrogen and oxygen atoms in total. The van der Waals surface area contributed by atoms with Gasteiger partial charge in [0.2, 0.25) is 5.91 Å². The molecule has 5 aliphatic rings. The lowest BCUT2D eigenvalue weighted by Gasteiger charge is -2.57. The maximum Gasteiger partial charge on any atom is 0.269 e. The molecule has 1 heterocycles. The molecular weight excluding hydrogens is 484 g/mol. The first kappa shape index (κ1) is 26.8. The molecule has 0 aromatic heterocycles. The highest BCUT2D eigenvalue weighted by atomic mass is 35.5. The number of carbonyl (C=O) groups excluding carboxylic acids is 2. The summed E-state index contributed by atoms with van der Waals surface area (Å²) in [7, 11) is 0. The highest BCUT2D eigenvalue weighted by Crippen LogP contribution is 2.55. The van der Waals surface area contributed by atoms with Crippen LogP contribution < -0.4 is 5.32 Å². The fourth-order valence-electron chi connectivity index (χ4n) is 7.24. The van der Waals surface area contributed by atoms with Crippen LogP contribution in [0.1, 0.15) is 55.3 Å². The molecule has 36 heavy (non-hydrogen) atoms. The molecule has 1 aromatic carbocycles. The number of rotatable bonds is 9. The SMILES string of the molecule is Cl.O=C(CN(CCCN1CCOCC1)C(=O)c1ccc([N+](=O)[O-])cc1)NC12CC3CC(CC(C3)C1)C2. The van der Waals surface area contributed by atoms with Crippen molar-refractivity contribution in [2.45, 2.75) is 50.5 Å². The van der Waals surface area contributed by atoms with Crippen LogP contribution >= 0.6 is 12.4 Å². The van der Waals surface area contributed by atoms with Gasteiger partial charge in [-0.05, 0) is 74.8 Å². The fourth-order valence-corrected chi connectivity index (χ4v) is 7.24. The van der Waals surface area contributed by atoms with Crippen LogP contribution in [-0.4, -0.2) is 78.0 Å². The van der Waals surface area contributed by atoms with E-state index in [1.807, 2.05) is 0 Å². The van der Waals surface area contributed by atoms with E-state index in [0.717, 1.165) is 76.3 Å². The third-order valence-corrected chi connectivity index (χ3v) is 8.40. The van der Waals surface area contributed by atoms with Crippen molar-refractivity contribution < 1.29 is 19.2 Å². The van der Waals surface area contributed by atoms with Crippen molar-refractivity contribution in [3.05, 3.63) is 39.9 Å². The number of halogens is 1. The Balaban J connectivity index is 0.00000304. The normalized spacial score (nSPS) is 28.8. The number of hydrogen-bond donors (Lipinski definition) is 1. The predicted octanol–water partition coefficient (Wildman–Crippen LogP) is 3.27. The molecule has 1 aromatic rings. The predicted molar refractivity (Wildman–Crippen MR) is 137 cm³/mol. The number of nitrogens with zero attached hydrogens (tertiary/aromatic N) is 3. The summed E-state index contributed by atoms with van der Waals surface area (Å²) in [5.41, 5.74) is 0.214. The van der Waals surface area contributed by atoms with E-state index in [1.54, 1.807) is 4.90 Å². The van der Waals surface area contributed by atoms with Gasteiger partial charge < -0.3 is 15.0 Å². The van der Waals surface area contributed by atoms with Gasteiger partial charge in [0.15, 0.2) is 0 Å². The number of non-ortho nitro benzene ring substituents is 1. The quantitative estimate of drug-likeness (QED) is 0.396. The minimum atomic E-state index is -0.479. The standard InChI is InChI=1S/C26H36N4O5.ClH/c31-24(27-26-15-19-12-20(16-26)14-21(13-19)17-26)18-29(7-1-6-28-8-10-35-11-9-28)25(32)22-2-4-23(5-3-22)30(33)34;/h2-5,19-21H,1,6-18H2,(H,27,31);1H. The molecule has 198 valence electrons. The van der Waals surface area contributed by atoms with Crippen LogP contribution in [-0.2, 0) is 9.53 Å². The average Bonchev–Trinajstić information content (AvgIpc) is 2.82. The molecule has 4 bridgehead atoms. The zero-order valence-electron chi connectivity index (χ0n) is 20.7. The second-order valence-electron chi connectivity index (χ2n) is 11.1. The third-order valence-electron chi connectivity index (χ3n) is 8.40. The van der Waals surface area contributed by atoms with E-state index in [4.69, 9.17) is 4.74 Å². The fraction of sp³-hybridized carbons (Fsp3) is 0.692. The second kappa shape index (κ2) is 11.4. The Morgan fingerprint density at radius 1 is 1.06 bits per heavy atom. The van der Waals surface area contributed by atoms with Crippen LogP contribution in [0.5, 0.6) is 0 Å². The second-order valence-corrected chi connectivity index (χ2v) is 11.1. The monoisotopic (exact) mass is 520 g/mol. The van der Waals surface area contributed by atoms with Crippen molar-refractivity contribution in [3.8, 4) is 0 Å². The molecule has 1 N–H and O–H groups in total. The number of nitro benzene ring substituents is 1. The van der Waals surface area contributed by atoms with Gasteiger partial charge in [-0.3, -0.25) is 24.6 Å². The van der Waals surface area contributed by atoms with Crippen molar-refractivity contribution in [1.82, 2.24) is 15.1 Å². The number of ether oxygens (including phenoxy) is 1. The lowest BCUT2D eigenvalue weighted by atomic mass is 9.53. The Morgan fingerprint density at radius 2 is 1.64 bits per heavy atom. The third kappa shape index (κ3) is 6.18. The summed E-state index contributed by atoms with van der Waals surface area (Å²) in [5.74, 6) is 1.84. The van der Waals surface area contributed by atoms with Gasteiger partial charge in [0.05, 0.1) is 24.7 Å². The number of hydrogen-bond acceptors (Lipinski definition) is 6. The molecule has 1 saturated heterocycles. The lowest BCUT2D eigenvalue weighted by Crippen LogP contribution is -2.61. The van der Waals surface area contributed by atoms with Crippen molar-refractivity contribution in [1.29, 1.82) is 0 Å². The lowest BCUT2D eigenvalue weighted by molar-refractivity contribution is -0.384. The van der Waals surface area contributed by atoms with Gasteiger partial charge in [-0.2, -0.15) is 0 Å². The molecule has 1 aliphatic heterocycles. The first-order valence-corrected chi connectivity index (χ1v) is 13.0. The topological polar surface area (TPSA) is 105 Å². The van der Waals surface area contributed by atoms with Crippen molar-refractivity contribution in [2.24, 2.45) is 17.8 Å². The summed E-state index contributed by atoms with van der Waals surface area (Å²) in [6.07, 6.45) is 7.88. The van der Waals surface area contributed by atoms with E-state index in [0.29, 0.717) is 12.1 Å². The Kier molecular flexibility index (Phi) is 8.52. The molecule has 2 amide bonds. The van der Waals surface area contributed by atoms with E-state index in [2.05, 4.69) is 10.2 Å². The van der Waals surface area contributed by atoms with Crippen LogP contribution in [0.4, 0.5) is 5.69 Å². The van der Waals surface area contributed by atoms with E-state index in [9.17, 15) is 19.7 Å². The minimum Gasteiger partial charge on any atom is -0.379 e. The molecular formula is C26H37ClN4O5. The maximum atomic E-state index is 13.4. The van der Waals surface area contributed by atoms with Crippen LogP contribution in [0.15, 0.2) is 24.3 Å². The summed E-state index contributed by atoms with van der Waals surface area (Å²) < 4.78 is 5.41. The van der Waals surface area contributed by atoms with Crippen LogP contribution in [0.2, 0.25) is 0 Å². The minimum absolute atomic E-state index is 0. The summed E-state index contributed by atoms with van der Waals surface area (Å²) in [6, 6.07) is 5.64. The molecule has 10 heteroatoms. The van der Waals surface area contributed by atoms with Crippen LogP contribution in [0, 0.1) is 27.9 Å². The first-order chi connectivity index (χ1) is 16.9. The Labute approximate surface area is 218 Å². The number of morpholine rings is 1. The number of amides is 2. The van der Waals surface area contributed by atoms with Gasteiger partial charge in [0, 0.05) is 49.4 Å². The van der Waals surface area contributed by atoms with Gasteiger partial charge in [-0.25, -0.2) is 0 Å². The van der Waals surface area contributed by atoms with Gasteiger partial charge in [0.25, 0.3) is 11.6 Å². The highest BCUT2D eigenvalue weighted by molar-refractivity contribution is 5.96. The van der Waals surface area contributed by atoms with Gasteiger partial charge in [-0.15, -0.1) is 12.4 Å². The Morgan fingerprint density at radius 3 is 2.19 bits per heavy atom. The molecule has 4 aliphatic carbocycles. The number of benzene rings is 1. The van der Waals surface area contributed by atoms with Gasteiger partial charge >= 0.3 is 0 Å². The largest absolute Gasteiger partial charge is 0.379 e. The van der Waals surface area contributed by atoms with Crippen LogP contribution in [0.25, 0.3) is 0 Å². The number of nitro groups is 1. The van der Waals surface area contributed by atoms with Crippen molar-refractivity contribution in [3.63, 3.8) is 0 Å². The van der Waals surface area contributed by atoms with E-state index >= 15 is 0 Å². The van der Waals surface area contributed by atoms with E-state index in [1.165, 1.54) is 43.5 Å². The summed E-state index contributed by atoms with van der Waals surface area (Å²) >= 11 is 0. The molecule has 0 atom stereocenters. The molecule has 0 spiro atoms. The summed E-state index contributed by atoms with van der Waals surface area (Å²) in [6.45, 7) is 4.51. The van der Waals surface area contributed by atoms with Crippen molar-refractivity contribution >= 4 is 29.9 Å². The van der Waals surface area contributed by atoms with Gasteiger partial charge in [0.1, 0.15) is 0 Å². The maximum absolute atomic E-state index is 13.4. The van der Waals surface area contributed by atoms with E-state index < -0.39 is 4.92 Å². The summed E-state index contributed by atoms with van der Waals surface area (Å²) in [4.78, 5) is 41.1. The highest BCUT2D eigenvalue weighted by Gasteiger charge is 2.51. The zero-order chi connectivity index (χ0) is 24.4. The Hall–Kier alpha value is -2.23. The molecule has 4 saturated carbocycles. The van der Waals surface area contributed by atoms with Gasteiger partial charge in [-0.1, -0.05) is 0 Å². The molecule has 0 unspecified atom stereocenters. The van der Waals surface area contributed by atoms with E-state index in [-0.39, 0.29) is 42.0 Å². The van der Waals surface area contributed by atoms with Crippen LogP contribution in [0.3, 0.4) is 0 Å². The molecule has 0 radical (unpaired) electrons. The summed E-state index contributed by atoms with van der Waals surface area (Å²) in [5, 5.41) is 14.4. The molecule has 6 rings (SSSR count). The average molecular weight is 521 g/mol. The van der Waals surface area contributed by atoms with Crippen molar-refractivity contribution in [2.75, 3.05) is 45.9 Å². The Bertz CT molecular complexity index is 915. The number of nitrogens with one attached hydrogen (secondary N) is 1.